The number of rotatable bonds is 8. The van der Waals surface area contributed by atoms with Crippen molar-refractivity contribution < 1.29 is 13.2 Å². The third kappa shape index (κ3) is 4.90. The lowest BCUT2D eigenvalue weighted by atomic mass is 10.1. The van der Waals surface area contributed by atoms with Gasteiger partial charge in [-0.2, -0.15) is 0 Å². The van der Waals surface area contributed by atoms with Crippen molar-refractivity contribution in [3.8, 4) is 0 Å². The predicted molar refractivity (Wildman–Crippen MR) is 79.5 cm³/mol. The zero-order valence-corrected chi connectivity index (χ0v) is 13.0. The number of anilines is 1. The van der Waals surface area contributed by atoms with E-state index in [2.05, 4.69) is 20.0 Å². The molecule has 21 heavy (non-hydrogen) atoms. The van der Waals surface area contributed by atoms with E-state index in [9.17, 15) is 8.42 Å². The van der Waals surface area contributed by atoms with Crippen molar-refractivity contribution in [3.05, 3.63) is 12.4 Å². The third-order valence-electron chi connectivity index (χ3n) is 3.34. The summed E-state index contributed by atoms with van der Waals surface area (Å²) < 4.78 is 32.0. The minimum atomic E-state index is -3.53. The summed E-state index contributed by atoms with van der Waals surface area (Å²) >= 11 is 0. The van der Waals surface area contributed by atoms with Crippen LogP contribution >= 0.6 is 0 Å². The van der Waals surface area contributed by atoms with Crippen molar-refractivity contribution in [2.24, 2.45) is 5.92 Å². The zero-order valence-electron chi connectivity index (χ0n) is 12.2. The lowest BCUT2D eigenvalue weighted by molar-refractivity contribution is 0.184. The van der Waals surface area contributed by atoms with Crippen LogP contribution in [0.4, 0.5) is 5.95 Å². The van der Waals surface area contributed by atoms with Crippen LogP contribution in [0.1, 0.15) is 26.2 Å². The summed E-state index contributed by atoms with van der Waals surface area (Å²) in [6, 6.07) is 0. The van der Waals surface area contributed by atoms with E-state index in [-0.39, 0.29) is 4.90 Å². The summed E-state index contributed by atoms with van der Waals surface area (Å²) in [5.41, 5.74) is 0. The van der Waals surface area contributed by atoms with Crippen molar-refractivity contribution >= 4 is 16.0 Å². The van der Waals surface area contributed by atoms with Gasteiger partial charge in [-0.15, -0.1) is 0 Å². The highest BCUT2D eigenvalue weighted by Gasteiger charge is 2.18. The third-order valence-corrected chi connectivity index (χ3v) is 4.76. The average molecular weight is 314 g/mol. The van der Waals surface area contributed by atoms with Gasteiger partial charge in [-0.05, 0) is 25.2 Å². The Morgan fingerprint density at radius 1 is 1.33 bits per heavy atom. The van der Waals surface area contributed by atoms with Gasteiger partial charge >= 0.3 is 0 Å². The van der Waals surface area contributed by atoms with E-state index >= 15 is 0 Å². The van der Waals surface area contributed by atoms with E-state index in [0.717, 1.165) is 39.0 Å². The minimum absolute atomic E-state index is 0.0900. The molecule has 118 valence electrons. The van der Waals surface area contributed by atoms with Crippen LogP contribution in [0.15, 0.2) is 17.3 Å². The molecule has 1 aromatic heterocycles. The Morgan fingerprint density at radius 2 is 2.10 bits per heavy atom. The molecule has 0 radical (unpaired) electrons. The maximum absolute atomic E-state index is 12.1. The molecule has 1 aromatic rings. The van der Waals surface area contributed by atoms with Gasteiger partial charge in [-0.1, -0.05) is 6.92 Å². The van der Waals surface area contributed by atoms with E-state index in [1.165, 1.54) is 12.4 Å². The molecule has 1 fully saturated rings. The van der Waals surface area contributed by atoms with Crippen molar-refractivity contribution in [1.82, 2.24) is 14.7 Å². The van der Waals surface area contributed by atoms with Gasteiger partial charge in [-0.25, -0.2) is 23.1 Å². The summed E-state index contributed by atoms with van der Waals surface area (Å²) in [4.78, 5) is 8.10. The fourth-order valence-corrected chi connectivity index (χ4v) is 3.01. The minimum Gasteiger partial charge on any atom is -0.381 e. The van der Waals surface area contributed by atoms with Crippen LogP contribution in [0.25, 0.3) is 0 Å². The lowest BCUT2D eigenvalue weighted by Gasteiger charge is -2.09. The molecule has 1 atom stereocenters. The molecule has 0 spiro atoms. The highest BCUT2D eigenvalue weighted by Crippen LogP contribution is 2.16. The van der Waals surface area contributed by atoms with Crippen LogP contribution in [0, 0.1) is 5.92 Å². The van der Waals surface area contributed by atoms with Gasteiger partial charge in [0.25, 0.3) is 0 Å². The van der Waals surface area contributed by atoms with E-state index in [0.29, 0.717) is 18.4 Å². The van der Waals surface area contributed by atoms with Crippen molar-refractivity contribution in [2.45, 2.75) is 31.1 Å². The molecule has 0 aromatic carbocycles. The molecule has 2 rings (SSSR count). The monoisotopic (exact) mass is 314 g/mol. The van der Waals surface area contributed by atoms with Crippen molar-refractivity contribution in [1.29, 1.82) is 0 Å². The smallest absolute Gasteiger partial charge is 0.243 e. The topological polar surface area (TPSA) is 93.2 Å². The van der Waals surface area contributed by atoms with Crippen LogP contribution in [-0.4, -0.2) is 44.7 Å². The summed E-state index contributed by atoms with van der Waals surface area (Å²) in [6.45, 7) is 4.70. The molecule has 0 aliphatic carbocycles. The molecular formula is C13H22N4O3S. The number of hydrogen-bond donors (Lipinski definition) is 2. The van der Waals surface area contributed by atoms with E-state index in [1.807, 2.05) is 6.92 Å². The maximum Gasteiger partial charge on any atom is 0.243 e. The molecule has 0 saturated carbocycles. The van der Waals surface area contributed by atoms with Crippen LogP contribution < -0.4 is 10.0 Å². The Morgan fingerprint density at radius 3 is 2.71 bits per heavy atom. The van der Waals surface area contributed by atoms with E-state index in [1.54, 1.807) is 0 Å². The first kappa shape index (κ1) is 16.1. The summed E-state index contributed by atoms with van der Waals surface area (Å²) in [7, 11) is -3.53. The largest absolute Gasteiger partial charge is 0.381 e. The van der Waals surface area contributed by atoms with Crippen molar-refractivity contribution in [3.63, 3.8) is 0 Å². The normalized spacial score (nSPS) is 18.8. The summed E-state index contributed by atoms with van der Waals surface area (Å²) in [6.07, 6.45) is 5.40. The van der Waals surface area contributed by atoms with Gasteiger partial charge in [0.1, 0.15) is 4.90 Å². The fourth-order valence-electron chi connectivity index (χ4n) is 2.07. The second-order valence-electron chi connectivity index (χ2n) is 5.09. The number of nitrogens with zero attached hydrogens (tertiary/aromatic N) is 2. The van der Waals surface area contributed by atoms with Gasteiger partial charge in [0.05, 0.1) is 12.4 Å². The molecule has 1 saturated heterocycles. The first-order valence-corrected chi connectivity index (χ1v) is 8.73. The Labute approximate surface area is 125 Å². The first-order chi connectivity index (χ1) is 10.1. The molecule has 8 heteroatoms. The van der Waals surface area contributed by atoms with Crippen LogP contribution in [0.3, 0.4) is 0 Å². The Balaban J connectivity index is 1.85. The summed E-state index contributed by atoms with van der Waals surface area (Å²) in [5.74, 6) is 0.892. The number of aromatic nitrogens is 2. The highest BCUT2D eigenvalue weighted by molar-refractivity contribution is 7.89. The highest BCUT2D eigenvalue weighted by atomic mass is 32.2. The van der Waals surface area contributed by atoms with Crippen LogP contribution in [0.2, 0.25) is 0 Å². The molecule has 1 unspecified atom stereocenters. The molecule has 0 bridgehead atoms. The number of ether oxygens (including phenoxy) is 1. The quantitative estimate of drug-likeness (QED) is 0.743. The van der Waals surface area contributed by atoms with Crippen molar-refractivity contribution in [2.75, 3.05) is 31.6 Å². The SMILES string of the molecule is CCCNc1ncc(S(=O)(=O)NCCC2CCOC2)cn1. The Hall–Kier alpha value is -1.25. The zero-order chi connectivity index (χ0) is 15.1. The number of hydrogen-bond acceptors (Lipinski definition) is 6. The molecule has 1 aliphatic rings. The van der Waals surface area contributed by atoms with Gasteiger partial charge in [-0.3, -0.25) is 0 Å². The standard InChI is InChI=1S/C13H22N4O3S/c1-2-5-14-13-15-8-12(9-16-13)21(18,19)17-6-3-11-4-7-20-10-11/h8-9,11,17H,2-7,10H2,1H3,(H,14,15,16). The molecule has 0 amide bonds. The van der Waals surface area contributed by atoms with Crippen LogP contribution in [0.5, 0.6) is 0 Å². The van der Waals surface area contributed by atoms with E-state index < -0.39 is 10.0 Å². The first-order valence-electron chi connectivity index (χ1n) is 7.25. The molecule has 2 N–H and O–H groups in total. The van der Waals surface area contributed by atoms with Gasteiger partial charge in [0.2, 0.25) is 16.0 Å². The Bertz CT molecular complexity index is 527. The average Bonchev–Trinajstić information content (AvgIpc) is 2.98. The van der Waals surface area contributed by atoms with Gasteiger partial charge in [0, 0.05) is 26.3 Å². The number of sulfonamides is 1. The second kappa shape index (κ2) is 7.67. The Kier molecular flexibility index (Phi) is 5.89. The maximum atomic E-state index is 12.1. The molecule has 1 aliphatic heterocycles. The predicted octanol–water partition coefficient (Wildman–Crippen LogP) is 1.00. The van der Waals surface area contributed by atoms with Gasteiger partial charge in [0.15, 0.2) is 0 Å². The van der Waals surface area contributed by atoms with E-state index in [4.69, 9.17) is 4.74 Å². The molecule has 7 nitrogen and oxygen atoms in total. The van der Waals surface area contributed by atoms with Gasteiger partial charge < -0.3 is 10.1 Å². The fraction of sp³-hybridized carbons (Fsp3) is 0.692. The number of nitrogens with one attached hydrogen (secondary N) is 2. The molecule has 2 heterocycles. The van der Waals surface area contributed by atoms with Crippen LogP contribution in [-0.2, 0) is 14.8 Å². The lowest BCUT2D eigenvalue weighted by Crippen LogP contribution is -2.26. The molecular weight excluding hydrogens is 292 g/mol. The second-order valence-corrected chi connectivity index (χ2v) is 6.85. The summed E-state index contributed by atoms with van der Waals surface area (Å²) in [5, 5.41) is 3.00.